The SMILES string of the molecule is COc1cc(C)c(S(=O)(=O)N[C@H](CNS(C)(=O)=O)C(=O)NOCc2ccccc2)c(C)c1Cc1ccc2c(c1)OCO2. The van der Waals surface area contributed by atoms with Crippen LogP contribution < -0.4 is 29.1 Å². The highest BCUT2D eigenvalue weighted by Gasteiger charge is 2.31. The Bertz CT molecular complexity index is 1660. The van der Waals surface area contributed by atoms with Crippen LogP contribution in [0.15, 0.2) is 59.5 Å². The van der Waals surface area contributed by atoms with Crippen molar-refractivity contribution in [2.24, 2.45) is 0 Å². The van der Waals surface area contributed by atoms with Crippen molar-refractivity contribution in [2.75, 3.05) is 26.7 Å². The average Bonchev–Trinajstić information content (AvgIpc) is 3.40. The van der Waals surface area contributed by atoms with Gasteiger partial charge in [-0.1, -0.05) is 36.4 Å². The molecule has 14 heteroatoms. The fourth-order valence-electron chi connectivity index (χ4n) is 4.54. The molecule has 42 heavy (non-hydrogen) atoms. The maximum absolute atomic E-state index is 13.8. The maximum atomic E-state index is 13.8. The van der Waals surface area contributed by atoms with E-state index in [2.05, 4.69) is 14.9 Å². The minimum atomic E-state index is -4.36. The van der Waals surface area contributed by atoms with Gasteiger partial charge in [0, 0.05) is 18.5 Å². The first-order chi connectivity index (χ1) is 19.9. The molecule has 1 heterocycles. The zero-order valence-electron chi connectivity index (χ0n) is 23.6. The normalized spacial score (nSPS) is 13.5. The number of rotatable bonds is 13. The minimum absolute atomic E-state index is 0.0193. The first-order valence-electron chi connectivity index (χ1n) is 12.9. The highest BCUT2D eigenvalue weighted by Crippen LogP contribution is 2.36. The van der Waals surface area contributed by atoms with Crippen LogP contribution in [-0.2, 0) is 42.7 Å². The number of benzene rings is 3. The van der Waals surface area contributed by atoms with Crippen LogP contribution in [0.1, 0.15) is 27.8 Å². The van der Waals surface area contributed by atoms with Gasteiger partial charge in [0.05, 0.1) is 24.9 Å². The van der Waals surface area contributed by atoms with Crippen LogP contribution in [0.4, 0.5) is 0 Å². The van der Waals surface area contributed by atoms with Crippen LogP contribution in [0, 0.1) is 13.8 Å². The Balaban J connectivity index is 1.61. The van der Waals surface area contributed by atoms with Crippen molar-refractivity contribution in [1.82, 2.24) is 14.9 Å². The second kappa shape index (κ2) is 13.1. The number of hydrogen-bond acceptors (Lipinski definition) is 9. The molecule has 0 fully saturated rings. The summed E-state index contributed by atoms with van der Waals surface area (Å²) in [5.41, 5.74) is 5.22. The minimum Gasteiger partial charge on any atom is -0.496 e. The van der Waals surface area contributed by atoms with Crippen molar-refractivity contribution in [1.29, 1.82) is 0 Å². The molecule has 0 aromatic heterocycles. The van der Waals surface area contributed by atoms with Gasteiger partial charge in [-0.25, -0.2) is 27.0 Å². The summed E-state index contributed by atoms with van der Waals surface area (Å²) in [5, 5.41) is 0. The number of sulfonamides is 2. The smallest absolute Gasteiger partial charge is 0.263 e. The van der Waals surface area contributed by atoms with E-state index in [1.54, 1.807) is 50.2 Å². The Morgan fingerprint density at radius 2 is 1.69 bits per heavy atom. The maximum Gasteiger partial charge on any atom is 0.263 e. The van der Waals surface area contributed by atoms with E-state index in [0.717, 1.165) is 17.4 Å². The average molecular weight is 620 g/mol. The zero-order valence-corrected chi connectivity index (χ0v) is 25.2. The van der Waals surface area contributed by atoms with Crippen LogP contribution in [0.5, 0.6) is 17.2 Å². The first-order valence-corrected chi connectivity index (χ1v) is 16.2. The molecule has 0 aliphatic carbocycles. The highest BCUT2D eigenvalue weighted by molar-refractivity contribution is 7.89. The number of ether oxygens (including phenoxy) is 3. The summed E-state index contributed by atoms with van der Waals surface area (Å²) in [7, 11) is -6.61. The second-order valence-electron chi connectivity index (χ2n) is 9.73. The van der Waals surface area contributed by atoms with Gasteiger partial charge in [0.15, 0.2) is 11.5 Å². The molecule has 3 aromatic carbocycles. The molecule has 4 rings (SSSR count). The number of hydroxylamine groups is 1. The lowest BCUT2D eigenvalue weighted by Crippen LogP contribution is -2.52. The molecule has 0 spiro atoms. The van der Waals surface area contributed by atoms with E-state index >= 15 is 0 Å². The number of nitrogens with one attached hydrogen (secondary N) is 3. The van der Waals surface area contributed by atoms with E-state index in [1.165, 1.54) is 7.11 Å². The molecular weight excluding hydrogens is 586 g/mol. The Labute approximate surface area is 245 Å². The van der Waals surface area contributed by atoms with Gasteiger partial charge in [0.1, 0.15) is 11.8 Å². The fraction of sp³-hybridized carbons (Fsp3) is 0.321. The number of aryl methyl sites for hydroxylation is 1. The van der Waals surface area contributed by atoms with Crippen molar-refractivity contribution in [2.45, 2.75) is 37.8 Å². The summed E-state index contributed by atoms with van der Waals surface area (Å²) in [5.74, 6) is 0.824. The predicted octanol–water partition coefficient (Wildman–Crippen LogP) is 2.08. The van der Waals surface area contributed by atoms with E-state index in [0.29, 0.717) is 40.4 Å². The summed E-state index contributed by atoms with van der Waals surface area (Å²) in [6.45, 7) is 2.86. The molecule has 3 aromatic rings. The molecular formula is C28H33N3O9S2. The standard InChI is InChI=1S/C28H33N3O9S2/c1-18-12-25(37-3)22(13-21-10-11-24-26(14-21)39-17-38-24)19(2)27(18)42(35,36)31-23(15-29-41(4,33)34)28(32)30-40-16-20-8-6-5-7-9-20/h5-12,14,23,29,31H,13,15-17H2,1-4H3,(H,30,32)/t23-/m1/s1. The molecule has 1 aliphatic heterocycles. The molecule has 0 radical (unpaired) electrons. The Morgan fingerprint density at radius 1 is 0.976 bits per heavy atom. The van der Waals surface area contributed by atoms with Crippen LogP contribution in [0.25, 0.3) is 0 Å². The summed E-state index contributed by atoms with van der Waals surface area (Å²) in [6.07, 6.45) is 1.23. The van der Waals surface area contributed by atoms with Gasteiger partial charge in [0.2, 0.25) is 26.8 Å². The van der Waals surface area contributed by atoms with Gasteiger partial charge in [-0.15, -0.1) is 0 Å². The molecule has 12 nitrogen and oxygen atoms in total. The van der Waals surface area contributed by atoms with E-state index in [1.807, 2.05) is 18.2 Å². The number of hydrogen-bond donors (Lipinski definition) is 3. The fourth-order valence-corrected chi connectivity index (χ4v) is 6.70. The second-order valence-corrected chi connectivity index (χ2v) is 13.2. The van der Waals surface area contributed by atoms with Crippen molar-refractivity contribution in [3.63, 3.8) is 0 Å². The predicted molar refractivity (Wildman–Crippen MR) is 154 cm³/mol. The van der Waals surface area contributed by atoms with Gasteiger partial charge in [0.25, 0.3) is 5.91 Å². The third-order valence-corrected chi connectivity index (χ3v) is 8.97. The van der Waals surface area contributed by atoms with Gasteiger partial charge < -0.3 is 14.2 Å². The summed E-state index contributed by atoms with van der Waals surface area (Å²) >= 11 is 0. The van der Waals surface area contributed by atoms with Crippen molar-refractivity contribution in [3.05, 3.63) is 82.4 Å². The van der Waals surface area contributed by atoms with E-state index in [-0.39, 0.29) is 18.3 Å². The number of carbonyl (C=O) groups excluding carboxylic acids is 1. The molecule has 3 N–H and O–H groups in total. The molecule has 1 aliphatic rings. The van der Waals surface area contributed by atoms with Crippen molar-refractivity contribution < 1.29 is 40.7 Å². The monoisotopic (exact) mass is 619 g/mol. The lowest BCUT2D eigenvalue weighted by atomic mass is 9.97. The molecule has 226 valence electrons. The van der Waals surface area contributed by atoms with Gasteiger partial charge in [-0.2, -0.15) is 4.72 Å². The summed E-state index contributed by atoms with van der Waals surface area (Å²) < 4.78 is 72.1. The Kier molecular flexibility index (Phi) is 9.74. The van der Waals surface area contributed by atoms with E-state index < -0.39 is 38.5 Å². The number of methoxy groups -OCH3 is 1. The third-order valence-electron chi connectivity index (χ3n) is 6.52. The highest BCUT2D eigenvalue weighted by atomic mass is 32.2. The molecule has 0 saturated heterocycles. The molecule has 0 unspecified atom stereocenters. The topological polar surface area (TPSA) is 158 Å². The van der Waals surface area contributed by atoms with Gasteiger partial charge in [-0.3, -0.25) is 9.63 Å². The first kappa shape index (κ1) is 31.3. The molecule has 0 saturated carbocycles. The summed E-state index contributed by atoms with van der Waals surface area (Å²) in [4.78, 5) is 18.2. The molecule has 0 bridgehead atoms. The lowest BCUT2D eigenvalue weighted by Gasteiger charge is -2.22. The van der Waals surface area contributed by atoms with Crippen molar-refractivity contribution in [3.8, 4) is 17.2 Å². The van der Waals surface area contributed by atoms with Crippen molar-refractivity contribution >= 4 is 26.0 Å². The van der Waals surface area contributed by atoms with Crippen LogP contribution in [-0.4, -0.2) is 55.5 Å². The van der Waals surface area contributed by atoms with Gasteiger partial charge >= 0.3 is 0 Å². The largest absolute Gasteiger partial charge is 0.496 e. The van der Waals surface area contributed by atoms with E-state index in [4.69, 9.17) is 19.0 Å². The lowest BCUT2D eigenvalue weighted by molar-refractivity contribution is -0.136. The Morgan fingerprint density at radius 3 is 2.38 bits per heavy atom. The van der Waals surface area contributed by atoms with Crippen LogP contribution in [0.3, 0.4) is 0 Å². The third kappa shape index (κ3) is 7.77. The number of fused-ring (bicyclic) bond motifs is 1. The zero-order chi connectivity index (χ0) is 30.5. The van der Waals surface area contributed by atoms with Crippen LogP contribution in [0.2, 0.25) is 0 Å². The van der Waals surface area contributed by atoms with Gasteiger partial charge in [-0.05, 0) is 54.3 Å². The quantitative estimate of drug-likeness (QED) is 0.244. The van der Waals surface area contributed by atoms with Crippen LogP contribution >= 0.6 is 0 Å². The molecule has 1 amide bonds. The van der Waals surface area contributed by atoms with E-state index in [9.17, 15) is 21.6 Å². The number of amides is 1. The molecule has 1 atom stereocenters. The Hall–Kier alpha value is -3.69. The summed E-state index contributed by atoms with van der Waals surface area (Å²) in [6, 6.07) is 14.5. The number of carbonyl (C=O) groups is 1.